The fourth-order valence-corrected chi connectivity index (χ4v) is 4.14. The monoisotopic (exact) mass is 390 g/mol. The minimum Gasteiger partial charge on any atom is -0.396 e. The second-order valence-corrected chi connectivity index (χ2v) is 7.77. The van der Waals surface area contributed by atoms with Crippen molar-refractivity contribution in [1.82, 2.24) is 9.80 Å². The van der Waals surface area contributed by atoms with Crippen molar-refractivity contribution in [3.63, 3.8) is 0 Å². The van der Waals surface area contributed by atoms with Crippen molar-refractivity contribution in [2.75, 3.05) is 46.0 Å². The Morgan fingerprint density at radius 1 is 1.07 bits per heavy atom. The summed E-state index contributed by atoms with van der Waals surface area (Å²) >= 11 is 0. The van der Waals surface area contributed by atoms with E-state index in [9.17, 15) is 19.8 Å². The van der Waals surface area contributed by atoms with Crippen LogP contribution in [0.25, 0.3) is 0 Å². The number of hydrogen-bond acceptors (Lipinski definition) is 5. The molecule has 0 spiro atoms. The van der Waals surface area contributed by atoms with Crippen LogP contribution in [0.3, 0.4) is 0 Å². The normalized spacial score (nSPS) is 25.6. The Labute approximate surface area is 165 Å². The summed E-state index contributed by atoms with van der Waals surface area (Å²) in [4.78, 5) is 28.7. The quantitative estimate of drug-likeness (QED) is 0.787. The number of aliphatic hydroxyl groups is 2. The van der Waals surface area contributed by atoms with E-state index in [-0.39, 0.29) is 25.0 Å². The van der Waals surface area contributed by atoms with E-state index in [2.05, 4.69) is 0 Å². The standard InChI is InChI=1S/C21H30N2O5/c1-2-7-21(15-24)8-9-23(14-18(21)25)20(27)17-5-3-16(4-6-17)19(26)22-10-12-28-13-11-22/h3-6,18,24-25H,2,7-15H2,1H3/t18-,21-/m1/s1. The van der Waals surface area contributed by atoms with E-state index in [1.54, 1.807) is 34.1 Å². The summed E-state index contributed by atoms with van der Waals surface area (Å²) in [5.74, 6) is -0.213. The van der Waals surface area contributed by atoms with E-state index in [1.807, 2.05) is 6.92 Å². The molecule has 1 aromatic carbocycles. The number of hydrogen-bond donors (Lipinski definition) is 2. The molecule has 2 heterocycles. The zero-order chi connectivity index (χ0) is 20.1. The lowest BCUT2D eigenvalue weighted by atomic mass is 9.73. The molecule has 0 saturated carbocycles. The van der Waals surface area contributed by atoms with Gasteiger partial charge in [-0.2, -0.15) is 0 Å². The topological polar surface area (TPSA) is 90.3 Å². The van der Waals surface area contributed by atoms with Crippen LogP contribution in [0.2, 0.25) is 0 Å². The van der Waals surface area contributed by atoms with Gasteiger partial charge in [-0.3, -0.25) is 9.59 Å². The maximum Gasteiger partial charge on any atom is 0.254 e. The molecule has 1 aromatic rings. The van der Waals surface area contributed by atoms with Crippen molar-refractivity contribution in [2.24, 2.45) is 5.41 Å². The second kappa shape index (κ2) is 9.03. The fraction of sp³-hybridized carbons (Fsp3) is 0.619. The number of amides is 2. The minimum absolute atomic E-state index is 0.0528. The number of aliphatic hydroxyl groups excluding tert-OH is 2. The molecule has 0 aromatic heterocycles. The van der Waals surface area contributed by atoms with Crippen molar-refractivity contribution in [3.8, 4) is 0 Å². The number of likely N-dealkylation sites (tertiary alicyclic amines) is 1. The van der Waals surface area contributed by atoms with E-state index in [0.717, 1.165) is 12.8 Å². The summed E-state index contributed by atoms with van der Waals surface area (Å²) < 4.78 is 5.27. The first-order valence-electron chi connectivity index (χ1n) is 10.1. The van der Waals surface area contributed by atoms with Gasteiger partial charge in [0.15, 0.2) is 0 Å². The van der Waals surface area contributed by atoms with Gasteiger partial charge in [0.05, 0.1) is 25.9 Å². The lowest BCUT2D eigenvalue weighted by Gasteiger charge is -2.44. The number of nitrogens with zero attached hydrogens (tertiary/aromatic N) is 2. The third kappa shape index (κ3) is 4.21. The zero-order valence-corrected chi connectivity index (χ0v) is 16.5. The van der Waals surface area contributed by atoms with E-state index >= 15 is 0 Å². The average Bonchev–Trinajstić information content (AvgIpc) is 2.75. The van der Waals surface area contributed by atoms with Gasteiger partial charge in [-0.1, -0.05) is 13.3 Å². The van der Waals surface area contributed by atoms with Gasteiger partial charge in [0.25, 0.3) is 11.8 Å². The molecule has 2 fully saturated rings. The molecular weight excluding hydrogens is 360 g/mol. The van der Waals surface area contributed by atoms with Crippen molar-refractivity contribution in [3.05, 3.63) is 35.4 Å². The molecule has 0 radical (unpaired) electrons. The van der Waals surface area contributed by atoms with Crippen LogP contribution >= 0.6 is 0 Å². The van der Waals surface area contributed by atoms with Crippen molar-refractivity contribution in [1.29, 1.82) is 0 Å². The van der Waals surface area contributed by atoms with E-state index < -0.39 is 11.5 Å². The van der Waals surface area contributed by atoms with Crippen LogP contribution in [0.15, 0.2) is 24.3 Å². The summed E-state index contributed by atoms with van der Waals surface area (Å²) in [6.45, 7) is 4.94. The van der Waals surface area contributed by atoms with Gasteiger partial charge >= 0.3 is 0 Å². The molecule has 0 bridgehead atoms. The highest BCUT2D eigenvalue weighted by molar-refractivity contribution is 5.98. The number of morpholine rings is 1. The van der Waals surface area contributed by atoms with Gasteiger partial charge in [0, 0.05) is 42.7 Å². The van der Waals surface area contributed by atoms with Gasteiger partial charge in [-0.15, -0.1) is 0 Å². The average molecular weight is 390 g/mol. The number of piperidine rings is 1. The molecule has 154 valence electrons. The molecule has 3 rings (SSSR count). The Morgan fingerprint density at radius 3 is 2.14 bits per heavy atom. The third-order valence-corrected chi connectivity index (χ3v) is 6.01. The number of carbonyl (C=O) groups is 2. The predicted molar refractivity (Wildman–Crippen MR) is 104 cm³/mol. The second-order valence-electron chi connectivity index (χ2n) is 7.77. The minimum atomic E-state index is -0.739. The highest BCUT2D eigenvalue weighted by Crippen LogP contribution is 2.36. The molecule has 0 unspecified atom stereocenters. The van der Waals surface area contributed by atoms with Crippen LogP contribution in [0, 0.1) is 5.41 Å². The molecule has 7 heteroatoms. The summed E-state index contributed by atoms with van der Waals surface area (Å²) in [6.07, 6.45) is 1.46. The maximum atomic E-state index is 12.8. The Morgan fingerprint density at radius 2 is 1.64 bits per heavy atom. The van der Waals surface area contributed by atoms with E-state index in [4.69, 9.17) is 4.74 Å². The van der Waals surface area contributed by atoms with Crippen LogP contribution in [-0.2, 0) is 4.74 Å². The molecule has 7 nitrogen and oxygen atoms in total. The number of rotatable bonds is 5. The highest BCUT2D eigenvalue weighted by Gasteiger charge is 2.42. The summed E-state index contributed by atoms with van der Waals surface area (Å²) in [7, 11) is 0. The lowest BCUT2D eigenvalue weighted by Crippen LogP contribution is -2.54. The Balaban J connectivity index is 1.64. The molecule has 2 atom stereocenters. The first-order valence-corrected chi connectivity index (χ1v) is 10.1. The summed E-state index contributed by atoms with van der Waals surface area (Å²) in [5.41, 5.74) is 0.539. The molecule has 2 aliphatic heterocycles. The van der Waals surface area contributed by atoms with Gasteiger partial charge in [-0.25, -0.2) is 0 Å². The van der Waals surface area contributed by atoms with Gasteiger partial charge < -0.3 is 24.7 Å². The molecule has 0 aliphatic carbocycles. The molecular formula is C21H30N2O5. The third-order valence-electron chi connectivity index (χ3n) is 6.01. The molecule has 2 amide bonds. The van der Waals surface area contributed by atoms with Crippen LogP contribution < -0.4 is 0 Å². The van der Waals surface area contributed by atoms with Crippen LogP contribution in [-0.4, -0.2) is 83.9 Å². The maximum absolute atomic E-state index is 12.8. The number of β-amino-alcohol motifs (C(OH)–C–C–N with tert-alkyl or cyclic N) is 1. The largest absolute Gasteiger partial charge is 0.396 e. The van der Waals surface area contributed by atoms with Gasteiger partial charge in [-0.05, 0) is 37.1 Å². The number of ether oxygens (including phenoxy) is 1. The summed E-state index contributed by atoms with van der Waals surface area (Å²) in [6, 6.07) is 6.70. The number of carbonyl (C=O) groups excluding carboxylic acids is 2. The Kier molecular flexibility index (Phi) is 6.69. The smallest absolute Gasteiger partial charge is 0.254 e. The first kappa shape index (κ1) is 20.8. The predicted octanol–water partition coefficient (Wildman–Crippen LogP) is 1.14. The first-order chi connectivity index (χ1) is 13.5. The van der Waals surface area contributed by atoms with Gasteiger partial charge in [0.2, 0.25) is 0 Å². The molecule has 2 N–H and O–H groups in total. The van der Waals surface area contributed by atoms with E-state index in [0.29, 0.717) is 50.4 Å². The van der Waals surface area contributed by atoms with Crippen molar-refractivity contribution in [2.45, 2.75) is 32.3 Å². The SMILES string of the molecule is CCC[C@]1(CO)CCN(C(=O)c2ccc(C(=O)N3CCOCC3)cc2)C[C@H]1O. The Bertz CT molecular complexity index is 687. The molecule has 28 heavy (non-hydrogen) atoms. The number of benzene rings is 1. The van der Waals surface area contributed by atoms with E-state index in [1.165, 1.54) is 0 Å². The Hall–Kier alpha value is -1.96. The van der Waals surface area contributed by atoms with Crippen molar-refractivity contribution >= 4 is 11.8 Å². The zero-order valence-electron chi connectivity index (χ0n) is 16.5. The lowest BCUT2D eigenvalue weighted by molar-refractivity contribution is -0.0713. The van der Waals surface area contributed by atoms with Crippen LogP contribution in [0.4, 0.5) is 0 Å². The summed E-state index contributed by atoms with van der Waals surface area (Å²) in [5, 5.41) is 20.3. The highest BCUT2D eigenvalue weighted by atomic mass is 16.5. The fourth-order valence-electron chi connectivity index (χ4n) is 4.14. The van der Waals surface area contributed by atoms with Crippen molar-refractivity contribution < 1.29 is 24.5 Å². The molecule has 2 saturated heterocycles. The van der Waals surface area contributed by atoms with Gasteiger partial charge in [0.1, 0.15) is 0 Å². The van der Waals surface area contributed by atoms with Crippen LogP contribution in [0.1, 0.15) is 46.9 Å². The van der Waals surface area contributed by atoms with Crippen LogP contribution in [0.5, 0.6) is 0 Å². The molecule has 2 aliphatic rings.